The average Bonchev–Trinajstić information content (AvgIpc) is 2.40. The highest BCUT2D eigenvalue weighted by atomic mass is 127. The Kier molecular flexibility index (Phi) is 5.00. The van der Waals surface area contributed by atoms with E-state index in [2.05, 4.69) is 27.9 Å². The van der Waals surface area contributed by atoms with E-state index in [4.69, 9.17) is 4.74 Å². The van der Waals surface area contributed by atoms with Gasteiger partial charge in [0.25, 0.3) is 5.91 Å². The summed E-state index contributed by atoms with van der Waals surface area (Å²) in [6.45, 7) is 3.97. The normalized spacial score (nSPS) is 10.2. The topological polar surface area (TPSA) is 38.3 Å². The van der Waals surface area contributed by atoms with E-state index in [1.807, 2.05) is 56.3 Å². The molecule has 0 bridgehead atoms. The second kappa shape index (κ2) is 6.74. The summed E-state index contributed by atoms with van der Waals surface area (Å²) in [7, 11) is 0. The third kappa shape index (κ3) is 4.23. The summed E-state index contributed by atoms with van der Waals surface area (Å²) in [6, 6.07) is 13.6. The van der Waals surface area contributed by atoms with Crippen LogP contribution in [0.3, 0.4) is 0 Å². The minimum atomic E-state index is -0.159. The molecule has 3 nitrogen and oxygen atoms in total. The molecule has 0 spiro atoms. The van der Waals surface area contributed by atoms with Gasteiger partial charge >= 0.3 is 0 Å². The molecule has 0 saturated carbocycles. The maximum absolute atomic E-state index is 11.9. The third-order valence-electron chi connectivity index (χ3n) is 2.81. The van der Waals surface area contributed by atoms with Crippen molar-refractivity contribution in [2.75, 3.05) is 11.9 Å². The van der Waals surface area contributed by atoms with E-state index in [1.54, 1.807) is 0 Å². The van der Waals surface area contributed by atoms with Gasteiger partial charge < -0.3 is 10.1 Å². The summed E-state index contributed by atoms with van der Waals surface area (Å²) < 4.78 is 6.65. The van der Waals surface area contributed by atoms with Crippen LogP contribution in [0.4, 0.5) is 5.69 Å². The Morgan fingerprint density at radius 3 is 2.75 bits per heavy atom. The first-order valence-corrected chi connectivity index (χ1v) is 7.38. The Labute approximate surface area is 132 Å². The molecule has 1 amide bonds. The van der Waals surface area contributed by atoms with Crippen molar-refractivity contribution in [3.05, 3.63) is 57.2 Å². The van der Waals surface area contributed by atoms with Crippen LogP contribution >= 0.6 is 22.6 Å². The molecule has 4 heteroatoms. The van der Waals surface area contributed by atoms with Crippen molar-refractivity contribution in [2.24, 2.45) is 0 Å². The van der Waals surface area contributed by atoms with E-state index < -0.39 is 0 Å². The number of nitrogens with one attached hydrogen (secondary N) is 1. The number of anilines is 1. The van der Waals surface area contributed by atoms with E-state index >= 15 is 0 Å². The van der Waals surface area contributed by atoms with Crippen LogP contribution in [0.5, 0.6) is 5.75 Å². The first-order chi connectivity index (χ1) is 9.54. The molecule has 0 fully saturated rings. The Morgan fingerprint density at radius 2 is 2.00 bits per heavy atom. The van der Waals surface area contributed by atoms with Crippen LogP contribution in [-0.4, -0.2) is 12.5 Å². The van der Waals surface area contributed by atoms with Crippen LogP contribution in [-0.2, 0) is 4.79 Å². The molecule has 2 aromatic rings. The van der Waals surface area contributed by atoms with Gasteiger partial charge in [0.1, 0.15) is 5.75 Å². The predicted molar refractivity (Wildman–Crippen MR) is 89.2 cm³/mol. The zero-order valence-electron chi connectivity index (χ0n) is 11.4. The standard InChI is InChI=1S/C16H16INO2/c1-11-6-7-12(2)15(8-11)20-10-16(19)18-14-5-3-4-13(17)9-14/h3-9H,10H2,1-2H3,(H,18,19). The van der Waals surface area contributed by atoms with Crippen molar-refractivity contribution in [1.29, 1.82) is 0 Å². The van der Waals surface area contributed by atoms with E-state index in [1.165, 1.54) is 0 Å². The summed E-state index contributed by atoms with van der Waals surface area (Å²) in [4.78, 5) is 11.9. The number of hydrogen-bond acceptors (Lipinski definition) is 2. The molecule has 0 aliphatic rings. The van der Waals surface area contributed by atoms with Gasteiger partial charge in [-0.1, -0.05) is 18.2 Å². The summed E-state index contributed by atoms with van der Waals surface area (Å²) >= 11 is 2.21. The largest absolute Gasteiger partial charge is 0.483 e. The molecule has 0 radical (unpaired) electrons. The predicted octanol–water partition coefficient (Wildman–Crippen LogP) is 3.93. The Morgan fingerprint density at radius 1 is 1.20 bits per heavy atom. The molecule has 0 atom stereocenters. The average molecular weight is 381 g/mol. The Hall–Kier alpha value is -1.56. The van der Waals surface area contributed by atoms with Gasteiger partial charge in [0.15, 0.2) is 6.61 Å². The molecule has 2 aromatic carbocycles. The number of ether oxygens (including phenoxy) is 1. The molecular formula is C16H16INO2. The first-order valence-electron chi connectivity index (χ1n) is 6.30. The fraction of sp³-hybridized carbons (Fsp3) is 0.188. The van der Waals surface area contributed by atoms with Gasteiger partial charge in [0.05, 0.1) is 0 Å². The number of aryl methyl sites for hydroxylation is 2. The van der Waals surface area contributed by atoms with Gasteiger partial charge in [0.2, 0.25) is 0 Å². The lowest BCUT2D eigenvalue weighted by Crippen LogP contribution is -2.20. The van der Waals surface area contributed by atoms with E-state index in [9.17, 15) is 4.79 Å². The third-order valence-corrected chi connectivity index (χ3v) is 3.48. The van der Waals surface area contributed by atoms with Crippen LogP contribution < -0.4 is 10.1 Å². The molecule has 104 valence electrons. The molecular weight excluding hydrogens is 365 g/mol. The van der Waals surface area contributed by atoms with Crippen molar-refractivity contribution < 1.29 is 9.53 Å². The smallest absolute Gasteiger partial charge is 0.262 e. The van der Waals surface area contributed by atoms with Crippen LogP contribution in [0.2, 0.25) is 0 Å². The van der Waals surface area contributed by atoms with Gasteiger partial charge in [-0.2, -0.15) is 0 Å². The molecule has 0 unspecified atom stereocenters. The van der Waals surface area contributed by atoms with Crippen LogP contribution in [0.25, 0.3) is 0 Å². The minimum absolute atomic E-state index is 0.00969. The number of carbonyl (C=O) groups is 1. The summed E-state index contributed by atoms with van der Waals surface area (Å²) in [5.74, 6) is 0.593. The van der Waals surface area contributed by atoms with Crippen molar-refractivity contribution in [3.8, 4) is 5.75 Å². The Bertz CT molecular complexity index is 626. The molecule has 2 rings (SSSR count). The highest BCUT2D eigenvalue weighted by molar-refractivity contribution is 14.1. The molecule has 0 aliphatic carbocycles. The second-order valence-corrected chi connectivity index (χ2v) is 5.86. The lowest BCUT2D eigenvalue weighted by Gasteiger charge is -2.10. The van der Waals surface area contributed by atoms with Gasteiger partial charge in [-0.25, -0.2) is 0 Å². The number of hydrogen-bond donors (Lipinski definition) is 1. The maximum atomic E-state index is 11.9. The number of halogens is 1. The zero-order chi connectivity index (χ0) is 14.5. The van der Waals surface area contributed by atoms with Gasteiger partial charge in [-0.05, 0) is 71.8 Å². The molecule has 0 aliphatic heterocycles. The number of benzene rings is 2. The minimum Gasteiger partial charge on any atom is -0.483 e. The van der Waals surface area contributed by atoms with Gasteiger partial charge in [-0.3, -0.25) is 4.79 Å². The van der Waals surface area contributed by atoms with Crippen LogP contribution in [0.15, 0.2) is 42.5 Å². The zero-order valence-corrected chi connectivity index (χ0v) is 13.6. The van der Waals surface area contributed by atoms with Crippen molar-refractivity contribution in [2.45, 2.75) is 13.8 Å². The number of amides is 1. The van der Waals surface area contributed by atoms with E-state index in [-0.39, 0.29) is 12.5 Å². The van der Waals surface area contributed by atoms with Crippen molar-refractivity contribution >= 4 is 34.2 Å². The molecule has 0 aromatic heterocycles. The van der Waals surface area contributed by atoms with Crippen LogP contribution in [0, 0.1) is 17.4 Å². The highest BCUT2D eigenvalue weighted by Crippen LogP contribution is 2.19. The lowest BCUT2D eigenvalue weighted by atomic mass is 10.1. The highest BCUT2D eigenvalue weighted by Gasteiger charge is 2.06. The SMILES string of the molecule is Cc1ccc(C)c(OCC(=O)Nc2cccc(I)c2)c1. The fourth-order valence-corrected chi connectivity index (χ4v) is 2.31. The number of carbonyl (C=O) groups excluding carboxylic acids is 1. The second-order valence-electron chi connectivity index (χ2n) is 4.62. The van der Waals surface area contributed by atoms with E-state index in [0.717, 1.165) is 26.1 Å². The quantitative estimate of drug-likeness (QED) is 0.816. The maximum Gasteiger partial charge on any atom is 0.262 e. The van der Waals surface area contributed by atoms with Crippen LogP contribution in [0.1, 0.15) is 11.1 Å². The van der Waals surface area contributed by atoms with Gasteiger partial charge in [0, 0.05) is 9.26 Å². The molecule has 0 saturated heterocycles. The monoisotopic (exact) mass is 381 g/mol. The van der Waals surface area contributed by atoms with Crippen molar-refractivity contribution in [3.63, 3.8) is 0 Å². The summed E-state index contributed by atoms with van der Waals surface area (Å²) in [6.07, 6.45) is 0. The molecule has 0 heterocycles. The van der Waals surface area contributed by atoms with Gasteiger partial charge in [-0.15, -0.1) is 0 Å². The first kappa shape index (κ1) is 14.8. The fourth-order valence-electron chi connectivity index (χ4n) is 1.77. The lowest BCUT2D eigenvalue weighted by molar-refractivity contribution is -0.118. The van der Waals surface area contributed by atoms with Crippen molar-refractivity contribution in [1.82, 2.24) is 0 Å². The molecule has 1 N–H and O–H groups in total. The summed E-state index contributed by atoms with van der Waals surface area (Å²) in [5, 5.41) is 2.82. The number of rotatable bonds is 4. The van der Waals surface area contributed by atoms with E-state index in [0.29, 0.717) is 0 Å². The molecule has 20 heavy (non-hydrogen) atoms. The Balaban J connectivity index is 1.94. The summed E-state index contributed by atoms with van der Waals surface area (Å²) in [5.41, 5.74) is 2.92.